The van der Waals surface area contributed by atoms with Gasteiger partial charge in [-0.2, -0.15) is 0 Å². The average Bonchev–Trinajstić information content (AvgIpc) is 2.54. The van der Waals surface area contributed by atoms with Crippen molar-refractivity contribution in [1.29, 1.82) is 0 Å². The molecule has 0 aliphatic carbocycles. The van der Waals surface area contributed by atoms with E-state index >= 15 is 0 Å². The van der Waals surface area contributed by atoms with Crippen LogP contribution in [0.2, 0.25) is 0 Å². The van der Waals surface area contributed by atoms with Crippen LogP contribution in [0, 0.1) is 5.92 Å². The van der Waals surface area contributed by atoms with Crippen LogP contribution in [0.15, 0.2) is 29.2 Å². The minimum atomic E-state index is 0.213. The number of piperidine rings is 1. The van der Waals surface area contributed by atoms with Crippen LogP contribution in [0.1, 0.15) is 19.8 Å². The van der Waals surface area contributed by atoms with Crippen molar-refractivity contribution in [3.8, 4) is 0 Å². The number of hydrogen-bond acceptors (Lipinski definition) is 4. The fraction of sp³-hybridized carbons (Fsp3) is 0.588. The zero-order chi connectivity index (χ0) is 15.5. The van der Waals surface area contributed by atoms with Crippen LogP contribution in [0.4, 0.5) is 5.69 Å². The summed E-state index contributed by atoms with van der Waals surface area (Å²) >= 11 is 1.84. The zero-order valence-corrected chi connectivity index (χ0v) is 14.0. The molecule has 1 aromatic carbocycles. The molecule has 1 amide bonds. The molecule has 22 heavy (non-hydrogen) atoms. The molecule has 5 heteroatoms. The van der Waals surface area contributed by atoms with E-state index in [1.807, 2.05) is 28.8 Å². The number of likely N-dealkylation sites (tertiary alicyclic amines) is 1. The molecule has 2 aliphatic rings. The summed E-state index contributed by atoms with van der Waals surface area (Å²) in [6.45, 7) is 5.37. The molecule has 0 saturated carbocycles. The maximum atomic E-state index is 12.7. The monoisotopic (exact) mass is 319 g/mol. The fourth-order valence-corrected chi connectivity index (χ4v) is 4.36. The Morgan fingerprint density at radius 3 is 3.05 bits per heavy atom. The number of amides is 1. The molecule has 2 heterocycles. The van der Waals surface area contributed by atoms with Crippen LogP contribution in [0.3, 0.4) is 0 Å². The second kappa shape index (κ2) is 7.02. The third-order valence-corrected chi connectivity index (χ3v) is 5.72. The van der Waals surface area contributed by atoms with Gasteiger partial charge in [0.1, 0.15) is 0 Å². The van der Waals surface area contributed by atoms with Gasteiger partial charge >= 0.3 is 0 Å². The summed E-state index contributed by atoms with van der Waals surface area (Å²) in [6.07, 6.45) is 2.33. The number of hydrogen-bond donors (Lipinski definition) is 1. The molecular weight excluding hydrogens is 294 g/mol. The van der Waals surface area contributed by atoms with Crippen LogP contribution in [-0.4, -0.2) is 48.8 Å². The number of benzene rings is 1. The number of carbonyl (C=O) groups excluding carboxylic acids is 1. The van der Waals surface area contributed by atoms with Crippen molar-refractivity contribution in [2.24, 2.45) is 11.7 Å². The third kappa shape index (κ3) is 3.47. The molecule has 3 rings (SSSR count). The van der Waals surface area contributed by atoms with Gasteiger partial charge in [0.25, 0.3) is 0 Å². The van der Waals surface area contributed by atoms with Gasteiger partial charge in [-0.3, -0.25) is 9.69 Å². The average molecular weight is 319 g/mol. The molecule has 0 bridgehead atoms. The van der Waals surface area contributed by atoms with Gasteiger partial charge in [-0.05, 0) is 44.4 Å². The number of thioether (sulfide) groups is 1. The Kier molecular flexibility index (Phi) is 5.06. The minimum absolute atomic E-state index is 0.213. The SMILES string of the molecule is CC(N)C1CCCN(CC(=O)N2CCSc3ccccc32)C1. The summed E-state index contributed by atoms with van der Waals surface area (Å²) in [7, 11) is 0. The van der Waals surface area contributed by atoms with Crippen molar-refractivity contribution in [3.63, 3.8) is 0 Å². The van der Waals surface area contributed by atoms with Gasteiger partial charge in [-0.15, -0.1) is 11.8 Å². The fourth-order valence-electron chi connectivity index (χ4n) is 3.37. The van der Waals surface area contributed by atoms with Crippen LogP contribution >= 0.6 is 11.8 Å². The summed E-state index contributed by atoms with van der Waals surface area (Å²) in [5, 5.41) is 0. The highest BCUT2D eigenvalue weighted by molar-refractivity contribution is 7.99. The maximum absolute atomic E-state index is 12.7. The number of nitrogens with two attached hydrogens (primary N) is 1. The molecule has 0 aromatic heterocycles. The summed E-state index contributed by atoms with van der Waals surface area (Å²) in [5.41, 5.74) is 7.12. The van der Waals surface area contributed by atoms with E-state index in [0.29, 0.717) is 12.5 Å². The Bertz CT molecular complexity index is 534. The summed E-state index contributed by atoms with van der Waals surface area (Å²) < 4.78 is 0. The highest BCUT2D eigenvalue weighted by atomic mass is 32.2. The first-order chi connectivity index (χ1) is 10.6. The molecule has 120 valence electrons. The Hall–Kier alpha value is -1.04. The van der Waals surface area contributed by atoms with E-state index in [2.05, 4.69) is 24.0 Å². The normalized spacial score (nSPS) is 23.9. The summed E-state index contributed by atoms with van der Waals surface area (Å²) in [5.74, 6) is 1.72. The van der Waals surface area contributed by atoms with Crippen molar-refractivity contribution < 1.29 is 4.79 Å². The van der Waals surface area contributed by atoms with Crippen LogP contribution in [-0.2, 0) is 4.79 Å². The van der Waals surface area contributed by atoms with Crippen molar-refractivity contribution in [3.05, 3.63) is 24.3 Å². The van der Waals surface area contributed by atoms with E-state index in [4.69, 9.17) is 5.73 Å². The van der Waals surface area contributed by atoms with E-state index < -0.39 is 0 Å². The summed E-state index contributed by atoms with van der Waals surface area (Å²) in [4.78, 5) is 18.2. The molecule has 2 atom stereocenters. The first-order valence-corrected chi connectivity index (χ1v) is 9.14. The lowest BCUT2D eigenvalue weighted by atomic mass is 9.92. The van der Waals surface area contributed by atoms with Crippen molar-refractivity contribution >= 4 is 23.4 Å². The molecule has 0 radical (unpaired) electrons. The third-order valence-electron chi connectivity index (χ3n) is 4.67. The van der Waals surface area contributed by atoms with E-state index in [1.54, 1.807) is 0 Å². The standard InChI is InChI=1S/C17H25N3OS/c1-13(18)14-5-4-8-19(11-14)12-17(21)20-9-10-22-16-7-3-2-6-15(16)20/h2-3,6-7,13-14H,4-5,8-12,18H2,1H3. The Morgan fingerprint density at radius 1 is 1.41 bits per heavy atom. The number of rotatable bonds is 3. The van der Waals surface area contributed by atoms with Gasteiger partial charge in [0.05, 0.1) is 12.2 Å². The molecule has 1 fully saturated rings. The Morgan fingerprint density at radius 2 is 2.23 bits per heavy atom. The first kappa shape index (κ1) is 15.8. The molecular formula is C17H25N3OS. The highest BCUT2D eigenvalue weighted by Crippen LogP contribution is 2.34. The van der Waals surface area contributed by atoms with Gasteiger partial charge in [0, 0.05) is 29.8 Å². The summed E-state index contributed by atoms with van der Waals surface area (Å²) in [6, 6.07) is 8.42. The largest absolute Gasteiger partial charge is 0.328 e. The van der Waals surface area contributed by atoms with Crippen LogP contribution in [0.5, 0.6) is 0 Å². The predicted octanol–water partition coefficient (Wildman–Crippen LogP) is 2.18. The number of carbonyl (C=O) groups is 1. The number of anilines is 1. The van der Waals surface area contributed by atoms with Gasteiger partial charge in [-0.25, -0.2) is 0 Å². The van der Waals surface area contributed by atoms with Gasteiger partial charge in [-0.1, -0.05) is 12.1 Å². The van der Waals surface area contributed by atoms with E-state index in [9.17, 15) is 4.79 Å². The number of para-hydroxylation sites is 1. The molecule has 2 unspecified atom stereocenters. The molecule has 2 N–H and O–H groups in total. The predicted molar refractivity (Wildman–Crippen MR) is 92.3 cm³/mol. The second-order valence-corrected chi connectivity index (χ2v) is 7.49. The van der Waals surface area contributed by atoms with E-state index in [-0.39, 0.29) is 11.9 Å². The quantitative estimate of drug-likeness (QED) is 0.928. The lowest BCUT2D eigenvalue weighted by molar-refractivity contribution is -0.120. The Balaban J connectivity index is 1.65. The number of fused-ring (bicyclic) bond motifs is 1. The highest BCUT2D eigenvalue weighted by Gasteiger charge is 2.27. The van der Waals surface area contributed by atoms with Crippen LogP contribution < -0.4 is 10.6 Å². The van der Waals surface area contributed by atoms with Gasteiger partial charge in [0.15, 0.2) is 0 Å². The number of nitrogens with zero attached hydrogens (tertiary/aromatic N) is 2. The van der Waals surface area contributed by atoms with Crippen molar-refractivity contribution in [1.82, 2.24) is 4.90 Å². The van der Waals surface area contributed by atoms with Gasteiger partial charge in [0.2, 0.25) is 5.91 Å². The van der Waals surface area contributed by atoms with Gasteiger partial charge < -0.3 is 10.6 Å². The molecule has 2 aliphatic heterocycles. The van der Waals surface area contributed by atoms with Crippen molar-refractivity contribution in [2.75, 3.05) is 36.8 Å². The smallest absolute Gasteiger partial charge is 0.241 e. The Labute approximate surface area is 137 Å². The topological polar surface area (TPSA) is 49.6 Å². The maximum Gasteiger partial charge on any atom is 0.241 e. The molecule has 1 saturated heterocycles. The molecule has 1 aromatic rings. The van der Waals surface area contributed by atoms with Crippen LogP contribution in [0.25, 0.3) is 0 Å². The molecule has 4 nitrogen and oxygen atoms in total. The van der Waals surface area contributed by atoms with Crippen molar-refractivity contribution in [2.45, 2.75) is 30.7 Å². The minimum Gasteiger partial charge on any atom is -0.328 e. The van der Waals surface area contributed by atoms with E-state index in [0.717, 1.165) is 37.5 Å². The first-order valence-electron chi connectivity index (χ1n) is 8.15. The zero-order valence-electron chi connectivity index (χ0n) is 13.2. The molecule has 0 spiro atoms. The lowest BCUT2D eigenvalue weighted by Gasteiger charge is -2.36. The van der Waals surface area contributed by atoms with E-state index in [1.165, 1.54) is 11.3 Å². The lowest BCUT2D eigenvalue weighted by Crippen LogP contribution is -2.48. The second-order valence-electron chi connectivity index (χ2n) is 6.36.